The molecule has 0 radical (unpaired) electrons. The van der Waals surface area contributed by atoms with Gasteiger partial charge < -0.3 is 18.9 Å². The lowest BCUT2D eigenvalue weighted by atomic mass is 9.84. The Bertz CT molecular complexity index is 1610. The van der Waals surface area contributed by atoms with E-state index in [0.717, 1.165) is 74.7 Å². The predicted octanol–water partition coefficient (Wildman–Crippen LogP) is 20.6. The maximum atomic E-state index is 12.8. The molecule has 0 aliphatic heterocycles. The maximum absolute atomic E-state index is 12.8. The standard InChI is InChI=1S/C68H116O6/c1-8-13-17-21-28-40-60(38-26-15-10-3)52-56-72-66(69)46-33-24-20-19-23-30-42-62(43-36-55-74-68(54-12-5,63-44-31-25-32-45-63)64-48-50-65(71-7)51-49-64)58-59(6)37-34-35-47-67(70)73-57-53-61(39-27-16-11-4)41-29-22-18-14-9-2/h12,25,31-32,44-45,48-51,54,59-62H,8-11,13-24,26-30,33-43,46-47,52-53,55-58H2,1-7H3/b54-12+. The summed E-state index contributed by atoms with van der Waals surface area (Å²) in [6.07, 6.45) is 48.2. The monoisotopic (exact) mass is 1030 g/mol. The normalized spacial score (nSPS) is 14.1. The van der Waals surface area contributed by atoms with E-state index in [0.29, 0.717) is 56.3 Å². The first-order valence-electron chi connectivity index (χ1n) is 31.5. The summed E-state index contributed by atoms with van der Waals surface area (Å²) in [6.45, 7) is 15.5. The topological polar surface area (TPSA) is 71.1 Å². The number of carbonyl (C=O) groups is 2. The average molecular weight is 1030 g/mol. The van der Waals surface area contributed by atoms with Crippen molar-refractivity contribution < 1.29 is 28.5 Å². The van der Waals surface area contributed by atoms with Crippen LogP contribution in [-0.4, -0.2) is 38.9 Å². The molecule has 0 heterocycles. The molecule has 6 nitrogen and oxygen atoms in total. The first-order valence-corrected chi connectivity index (χ1v) is 31.5. The van der Waals surface area contributed by atoms with Crippen LogP contribution in [0.15, 0.2) is 66.7 Å². The highest BCUT2D eigenvalue weighted by atomic mass is 16.5. The summed E-state index contributed by atoms with van der Waals surface area (Å²) in [7, 11) is 1.71. The van der Waals surface area contributed by atoms with Crippen molar-refractivity contribution >= 4 is 11.9 Å². The molecule has 0 saturated heterocycles. The molecule has 0 spiro atoms. The second-order valence-electron chi connectivity index (χ2n) is 22.6. The van der Waals surface area contributed by atoms with Crippen molar-refractivity contribution in [1.82, 2.24) is 0 Å². The van der Waals surface area contributed by atoms with E-state index in [2.05, 4.69) is 96.2 Å². The number of esters is 2. The van der Waals surface area contributed by atoms with E-state index >= 15 is 0 Å². The van der Waals surface area contributed by atoms with Crippen LogP contribution in [0, 0.1) is 23.7 Å². The van der Waals surface area contributed by atoms with Gasteiger partial charge in [-0.15, -0.1) is 0 Å². The summed E-state index contributed by atoms with van der Waals surface area (Å²) in [5.74, 6) is 3.45. The summed E-state index contributed by atoms with van der Waals surface area (Å²) >= 11 is 0. The van der Waals surface area contributed by atoms with Gasteiger partial charge in [0.15, 0.2) is 0 Å². The summed E-state index contributed by atoms with van der Waals surface area (Å²) in [5.41, 5.74) is 1.54. The number of hydrogen-bond acceptors (Lipinski definition) is 6. The second-order valence-corrected chi connectivity index (χ2v) is 22.6. The van der Waals surface area contributed by atoms with Gasteiger partial charge in [0.2, 0.25) is 0 Å². The van der Waals surface area contributed by atoms with Gasteiger partial charge in [0.05, 0.1) is 20.3 Å². The van der Waals surface area contributed by atoms with E-state index in [1.54, 1.807) is 7.11 Å². The summed E-state index contributed by atoms with van der Waals surface area (Å²) < 4.78 is 24.1. The fraction of sp³-hybridized carbons (Fsp3) is 0.765. The largest absolute Gasteiger partial charge is 0.497 e. The van der Waals surface area contributed by atoms with Crippen LogP contribution in [0.4, 0.5) is 0 Å². The molecule has 0 aliphatic carbocycles. The minimum Gasteiger partial charge on any atom is -0.497 e. The van der Waals surface area contributed by atoms with Crippen LogP contribution in [0.2, 0.25) is 0 Å². The van der Waals surface area contributed by atoms with Gasteiger partial charge in [0.25, 0.3) is 0 Å². The van der Waals surface area contributed by atoms with Crippen LogP contribution in [0.3, 0.4) is 0 Å². The number of allylic oxidation sites excluding steroid dienone is 1. The molecular weight excluding hydrogens is 913 g/mol. The lowest BCUT2D eigenvalue weighted by Crippen LogP contribution is -2.29. The molecule has 0 N–H and O–H groups in total. The fourth-order valence-electron chi connectivity index (χ4n) is 11.3. The van der Waals surface area contributed by atoms with Gasteiger partial charge in [-0.05, 0) is 105 Å². The van der Waals surface area contributed by atoms with Crippen LogP contribution < -0.4 is 4.74 Å². The number of benzene rings is 2. The van der Waals surface area contributed by atoms with Gasteiger partial charge in [0, 0.05) is 19.4 Å². The van der Waals surface area contributed by atoms with E-state index < -0.39 is 5.60 Å². The van der Waals surface area contributed by atoms with Crippen molar-refractivity contribution in [2.75, 3.05) is 26.9 Å². The highest BCUT2D eigenvalue weighted by Gasteiger charge is 2.33. The Hall–Kier alpha value is -3.12. The molecule has 5 unspecified atom stereocenters. The van der Waals surface area contributed by atoms with Crippen molar-refractivity contribution in [1.29, 1.82) is 0 Å². The smallest absolute Gasteiger partial charge is 0.305 e. The number of methoxy groups -OCH3 is 1. The molecule has 2 aromatic carbocycles. The van der Waals surface area contributed by atoms with Gasteiger partial charge in [-0.2, -0.15) is 0 Å². The minimum atomic E-state index is -0.683. The van der Waals surface area contributed by atoms with Gasteiger partial charge in [0.1, 0.15) is 11.4 Å². The number of unbranched alkanes of at least 4 members (excludes halogenated alkanes) is 18. The van der Waals surface area contributed by atoms with Crippen molar-refractivity contribution in [3.63, 3.8) is 0 Å². The number of hydrogen-bond donors (Lipinski definition) is 0. The number of carbonyl (C=O) groups excluding carboxylic acids is 2. The molecule has 0 fully saturated rings. The second kappa shape index (κ2) is 46.0. The van der Waals surface area contributed by atoms with E-state index in [-0.39, 0.29) is 11.9 Å². The van der Waals surface area contributed by atoms with Crippen LogP contribution in [0.25, 0.3) is 0 Å². The zero-order chi connectivity index (χ0) is 53.6. The van der Waals surface area contributed by atoms with E-state index in [1.807, 2.05) is 12.1 Å². The van der Waals surface area contributed by atoms with E-state index in [1.165, 1.54) is 167 Å². The number of ether oxygens (including phenoxy) is 4. The average Bonchev–Trinajstić information content (AvgIpc) is 3.41. The van der Waals surface area contributed by atoms with E-state index in [4.69, 9.17) is 18.9 Å². The third-order valence-corrected chi connectivity index (χ3v) is 16.0. The molecule has 0 saturated carbocycles. The Morgan fingerprint density at radius 2 is 0.865 bits per heavy atom. The Kier molecular flexibility index (Phi) is 41.7. The van der Waals surface area contributed by atoms with Crippen molar-refractivity contribution in [3.05, 3.63) is 77.9 Å². The van der Waals surface area contributed by atoms with Crippen molar-refractivity contribution in [2.45, 2.75) is 285 Å². The number of rotatable bonds is 51. The molecule has 0 bridgehead atoms. The van der Waals surface area contributed by atoms with Crippen LogP contribution >= 0.6 is 0 Å². The minimum absolute atomic E-state index is 0.00266. The highest BCUT2D eigenvalue weighted by Crippen LogP contribution is 2.37. The Morgan fingerprint density at radius 3 is 1.36 bits per heavy atom. The fourth-order valence-corrected chi connectivity index (χ4v) is 11.3. The molecule has 2 rings (SSSR count). The van der Waals surface area contributed by atoms with Crippen molar-refractivity contribution in [2.24, 2.45) is 23.7 Å². The molecule has 0 aliphatic rings. The zero-order valence-electron chi connectivity index (χ0n) is 49.4. The molecule has 0 aromatic heterocycles. The molecule has 2 aromatic rings. The van der Waals surface area contributed by atoms with Gasteiger partial charge in [-0.3, -0.25) is 9.59 Å². The van der Waals surface area contributed by atoms with Gasteiger partial charge >= 0.3 is 11.9 Å². The van der Waals surface area contributed by atoms with Gasteiger partial charge in [-0.1, -0.05) is 263 Å². The molecule has 6 heteroatoms. The Labute approximate surface area is 457 Å². The van der Waals surface area contributed by atoms with Crippen molar-refractivity contribution in [3.8, 4) is 5.75 Å². The van der Waals surface area contributed by atoms with Crippen LogP contribution in [-0.2, 0) is 29.4 Å². The third-order valence-electron chi connectivity index (χ3n) is 16.0. The summed E-state index contributed by atoms with van der Waals surface area (Å²) in [5, 5.41) is 0. The molecular formula is C68H116O6. The first-order chi connectivity index (χ1) is 36.2. The lowest BCUT2D eigenvalue weighted by molar-refractivity contribution is -0.145. The maximum Gasteiger partial charge on any atom is 0.305 e. The zero-order valence-corrected chi connectivity index (χ0v) is 49.4. The van der Waals surface area contributed by atoms with Gasteiger partial charge in [-0.25, -0.2) is 0 Å². The van der Waals surface area contributed by atoms with E-state index in [9.17, 15) is 9.59 Å². The van der Waals surface area contributed by atoms with Crippen LogP contribution in [0.1, 0.15) is 290 Å². The molecule has 5 atom stereocenters. The molecule has 74 heavy (non-hydrogen) atoms. The first kappa shape index (κ1) is 67.0. The predicted molar refractivity (Wildman–Crippen MR) is 316 cm³/mol. The Morgan fingerprint density at radius 1 is 0.459 bits per heavy atom. The summed E-state index contributed by atoms with van der Waals surface area (Å²) in [4.78, 5) is 25.5. The van der Waals surface area contributed by atoms with Crippen LogP contribution in [0.5, 0.6) is 5.75 Å². The third kappa shape index (κ3) is 32.5. The lowest BCUT2D eigenvalue weighted by Gasteiger charge is -2.33. The summed E-state index contributed by atoms with van der Waals surface area (Å²) in [6, 6.07) is 18.9. The highest BCUT2D eigenvalue weighted by molar-refractivity contribution is 5.69. The Balaban J connectivity index is 1.89. The SMILES string of the molecule is C/C=C/C(OCCCC(CCCCCCCCC(=O)OCCC(CCCCC)CCCCCCC)CC(C)CCCCC(=O)OCCC(CCCCC)CCCCCCC)(c1ccccc1)c1ccc(OC)cc1. The quantitative estimate of drug-likeness (QED) is 0.0374. The molecule has 0 amide bonds. The molecule has 424 valence electrons.